The van der Waals surface area contributed by atoms with Gasteiger partial charge in [0.25, 0.3) is 0 Å². The summed E-state index contributed by atoms with van der Waals surface area (Å²) in [6.45, 7) is 5.43. The Kier molecular flexibility index (Phi) is 8.46. The number of rotatable bonds is 8. The SMILES string of the molecule is CN=C(NCCNC(=O)C(C)C)NCc1ccc(OC)cc1OC. The molecule has 134 valence electrons. The van der Waals surface area contributed by atoms with E-state index in [4.69, 9.17) is 9.47 Å². The van der Waals surface area contributed by atoms with Crippen molar-refractivity contribution < 1.29 is 14.3 Å². The Hall–Kier alpha value is -2.44. The third kappa shape index (κ3) is 6.36. The maximum absolute atomic E-state index is 11.5. The lowest BCUT2D eigenvalue weighted by Crippen LogP contribution is -2.41. The fourth-order valence-electron chi connectivity index (χ4n) is 1.97. The number of hydrogen-bond donors (Lipinski definition) is 3. The monoisotopic (exact) mass is 336 g/mol. The molecule has 0 aliphatic carbocycles. The van der Waals surface area contributed by atoms with Gasteiger partial charge in [0.2, 0.25) is 5.91 Å². The molecule has 0 heterocycles. The molecule has 0 saturated carbocycles. The van der Waals surface area contributed by atoms with Crippen molar-refractivity contribution in [3.05, 3.63) is 23.8 Å². The summed E-state index contributed by atoms with van der Waals surface area (Å²) in [5.74, 6) is 2.19. The molecule has 0 aromatic heterocycles. The second-order valence-corrected chi connectivity index (χ2v) is 5.48. The van der Waals surface area contributed by atoms with Gasteiger partial charge < -0.3 is 25.4 Å². The van der Waals surface area contributed by atoms with Crippen molar-refractivity contribution in [2.24, 2.45) is 10.9 Å². The molecule has 0 aliphatic heterocycles. The number of ether oxygens (including phenoxy) is 2. The van der Waals surface area contributed by atoms with Crippen LogP contribution in [0.4, 0.5) is 0 Å². The minimum absolute atomic E-state index is 0.00928. The molecule has 0 unspecified atom stereocenters. The number of guanidine groups is 1. The number of nitrogens with zero attached hydrogens (tertiary/aromatic N) is 1. The second-order valence-electron chi connectivity index (χ2n) is 5.48. The van der Waals surface area contributed by atoms with Crippen LogP contribution in [0, 0.1) is 5.92 Å². The number of nitrogens with one attached hydrogen (secondary N) is 3. The fourth-order valence-corrected chi connectivity index (χ4v) is 1.97. The normalized spacial score (nSPS) is 11.2. The quantitative estimate of drug-likeness (QED) is 0.377. The molecule has 0 aliphatic rings. The molecule has 0 radical (unpaired) electrons. The number of hydrogen-bond acceptors (Lipinski definition) is 4. The van der Waals surface area contributed by atoms with Gasteiger partial charge in [0.05, 0.1) is 14.2 Å². The van der Waals surface area contributed by atoms with Crippen LogP contribution in [0.5, 0.6) is 11.5 Å². The van der Waals surface area contributed by atoms with Gasteiger partial charge in [-0.3, -0.25) is 9.79 Å². The summed E-state index contributed by atoms with van der Waals surface area (Å²) < 4.78 is 10.6. The van der Waals surface area contributed by atoms with Gasteiger partial charge in [0.15, 0.2) is 5.96 Å². The van der Waals surface area contributed by atoms with E-state index >= 15 is 0 Å². The van der Waals surface area contributed by atoms with Crippen molar-refractivity contribution in [1.29, 1.82) is 0 Å². The highest BCUT2D eigenvalue weighted by molar-refractivity contribution is 5.80. The van der Waals surface area contributed by atoms with Gasteiger partial charge in [-0.25, -0.2) is 0 Å². The van der Waals surface area contributed by atoms with Gasteiger partial charge in [-0.05, 0) is 12.1 Å². The third-order valence-electron chi connectivity index (χ3n) is 3.41. The molecular formula is C17H28N4O3. The summed E-state index contributed by atoms with van der Waals surface area (Å²) in [6, 6.07) is 5.67. The summed E-state index contributed by atoms with van der Waals surface area (Å²) in [5.41, 5.74) is 0.995. The molecule has 0 spiro atoms. The van der Waals surface area contributed by atoms with Crippen LogP contribution in [-0.2, 0) is 11.3 Å². The molecule has 0 saturated heterocycles. The molecule has 0 bridgehead atoms. The van der Waals surface area contributed by atoms with Gasteiger partial charge in [-0.2, -0.15) is 0 Å². The van der Waals surface area contributed by atoms with Crippen LogP contribution in [0.3, 0.4) is 0 Å². The standard InChI is InChI=1S/C17H28N4O3/c1-12(2)16(22)19-8-9-20-17(18-3)21-11-13-6-7-14(23-4)10-15(13)24-5/h6-7,10,12H,8-9,11H2,1-5H3,(H,19,22)(H2,18,20,21). The maximum atomic E-state index is 11.5. The van der Waals surface area contributed by atoms with Gasteiger partial charge in [0.1, 0.15) is 11.5 Å². The van der Waals surface area contributed by atoms with Crippen molar-refractivity contribution >= 4 is 11.9 Å². The minimum Gasteiger partial charge on any atom is -0.497 e. The average Bonchev–Trinajstić information content (AvgIpc) is 2.60. The maximum Gasteiger partial charge on any atom is 0.222 e. The molecule has 0 fully saturated rings. The Morgan fingerprint density at radius 1 is 1.12 bits per heavy atom. The zero-order chi connectivity index (χ0) is 17.9. The van der Waals surface area contributed by atoms with Crippen LogP contribution >= 0.6 is 0 Å². The Balaban J connectivity index is 2.45. The number of aliphatic imine (C=N–C) groups is 1. The van der Waals surface area contributed by atoms with Crippen molar-refractivity contribution in [1.82, 2.24) is 16.0 Å². The highest BCUT2D eigenvalue weighted by atomic mass is 16.5. The van der Waals surface area contributed by atoms with Crippen LogP contribution < -0.4 is 25.4 Å². The third-order valence-corrected chi connectivity index (χ3v) is 3.41. The molecular weight excluding hydrogens is 308 g/mol. The number of carbonyl (C=O) groups is 1. The molecule has 1 aromatic carbocycles. The minimum atomic E-state index is -0.00928. The highest BCUT2D eigenvalue weighted by Gasteiger charge is 2.07. The summed E-state index contributed by atoms with van der Waals surface area (Å²) in [4.78, 5) is 15.6. The van der Waals surface area contributed by atoms with E-state index in [0.29, 0.717) is 25.6 Å². The average molecular weight is 336 g/mol. The number of amides is 1. The smallest absolute Gasteiger partial charge is 0.222 e. The van der Waals surface area contributed by atoms with Crippen LogP contribution in [0.15, 0.2) is 23.2 Å². The Morgan fingerprint density at radius 2 is 1.83 bits per heavy atom. The van der Waals surface area contributed by atoms with Crippen molar-refractivity contribution in [2.45, 2.75) is 20.4 Å². The number of benzene rings is 1. The second kappa shape index (κ2) is 10.4. The molecule has 1 aromatic rings. The van der Waals surface area contributed by atoms with Crippen LogP contribution in [-0.4, -0.2) is 46.2 Å². The molecule has 7 nitrogen and oxygen atoms in total. The summed E-state index contributed by atoms with van der Waals surface area (Å²) in [7, 11) is 4.95. The molecule has 0 atom stereocenters. The zero-order valence-electron chi connectivity index (χ0n) is 15.1. The highest BCUT2D eigenvalue weighted by Crippen LogP contribution is 2.24. The van der Waals surface area contributed by atoms with E-state index in [1.165, 1.54) is 0 Å². The first-order valence-electron chi connectivity index (χ1n) is 7.95. The van der Waals surface area contributed by atoms with E-state index in [2.05, 4.69) is 20.9 Å². The van der Waals surface area contributed by atoms with Crippen molar-refractivity contribution in [2.75, 3.05) is 34.4 Å². The first-order valence-corrected chi connectivity index (χ1v) is 7.95. The lowest BCUT2D eigenvalue weighted by Gasteiger charge is -2.15. The van der Waals surface area contributed by atoms with E-state index < -0.39 is 0 Å². The van der Waals surface area contributed by atoms with E-state index in [1.54, 1.807) is 21.3 Å². The summed E-state index contributed by atoms with van der Waals surface area (Å²) in [6.07, 6.45) is 0. The fraction of sp³-hybridized carbons (Fsp3) is 0.529. The van der Waals surface area contributed by atoms with Crippen LogP contribution in [0.2, 0.25) is 0 Å². The topological polar surface area (TPSA) is 84.0 Å². The van der Waals surface area contributed by atoms with Crippen LogP contribution in [0.25, 0.3) is 0 Å². The van der Waals surface area contributed by atoms with Crippen molar-refractivity contribution in [3.8, 4) is 11.5 Å². The summed E-state index contributed by atoms with van der Waals surface area (Å²) >= 11 is 0. The zero-order valence-corrected chi connectivity index (χ0v) is 15.1. The Labute approximate surface area is 143 Å². The Bertz CT molecular complexity index is 559. The van der Waals surface area contributed by atoms with Gasteiger partial charge in [-0.15, -0.1) is 0 Å². The first-order chi connectivity index (χ1) is 11.5. The lowest BCUT2D eigenvalue weighted by atomic mass is 10.2. The van der Waals surface area contributed by atoms with E-state index in [1.807, 2.05) is 32.0 Å². The number of methoxy groups -OCH3 is 2. The molecule has 3 N–H and O–H groups in total. The summed E-state index contributed by atoms with van der Waals surface area (Å²) in [5, 5.41) is 9.21. The van der Waals surface area contributed by atoms with Crippen LogP contribution in [0.1, 0.15) is 19.4 Å². The first kappa shape index (κ1) is 19.6. The molecule has 24 heavy (non-hydrogen) atoms. The van der Waals surface area contributed by atoms with Gasteiger partial charge in [0, 0.05) is 44.2 Å². The van der Waals surface area contributed by atoms with Crippen molar-refractivity contribution in [3.63, 3.8) is 0 Å². The van der Waals surface area contributed by atoms with E-state index in [9.17, 15) is 4.79 Å². The molecule has 1 amide bonds. The largest absolute Gasteiger partial charge is 0.497 e. The lowest BCUT2D eigenvalue weighted by molar-refractivity contribution is -0.123. The molecule has 1 rings (SSSR count). The predicted octanol–water partition coefficient (Wildman–Crippen LogP) is 1.14. The number of carbonyl (C=O) groups excluding carboxylic acids is 1. The predicted molar refractivity (Wildman–Crippen MR) is 95.6 cm³/mol. The van der Waals surface area contributed by atoms with Gasteiger partial charge in [-0.1, -0.05) is 13.8 Å². The van der Waals surface area contributed by atoms with E-state index in [0.717, 1.165) is 17.1 Å². The molecule has 7 heteroatoms. The Morgan fingerprint density at radius 3 is 2.42 bits per heavy atom. The van der Waals surface area contributed by atoms with E-state index in [-0.39, 0.29) is 11.8 Å². The van der Waals surface area contributed by atoms with Gasteiger partial charge >= 0.3 is 0 Å².